The molecule has 11 rings (SSSR count). The van der Waals surface area contributed by atoms with Gasteiger partial charge in [0.2, 0.25) is 0 Å². The third-order valence-electron chi connectivity index (χ3n) is 12.6. The SMILES string of the molecule is CC1C=CC(C2=NC(C3=CC=CC(C4=CC=CCC4)C3)NC(c3cccc4oc5cc(-n6c7c(c8ccc(C9=CCCC=C9)cc86)C=CCC7)ccc5c34)=N2)=CC1. The first-order valence-corrected chi connectivity index (χ1v) is 20.9. The van der Waals surface area contributed by atoms with Crippen LogP contribution < -0.4 is 5.32 Å². The van der Waals surface area contributed by atoms with E-state index in [0.717, 1.165) is 102 Å². The van der Waals surface area contributed by atoms with Gasteiger partial charge in [-0.3, -0.25) is 0 Å². The largest absolute Gasteiger partial charge is 0.456 e. The molecule has 0 saturated carbocycles. The van der Waals surface area contributed by atoms with E-state index in [0.29, 0.717) is 11.8 Å². The first kappa shape index (κ1) is 34.1. The summed E-state index contributed by atoms with van der Waals surface area (Å²) in [7, 11) is 0. The maximum Gasteiger partial charge on any atom is 0.159 e. The predicted octanol–water partition coefficient (Wildman–Crippen LogP) is 12.6. The second kappa shape index (κ2) is 14.1. The number of amidine groups is 2. The first-order chi connectivity index (χ1) is 28.1. The van der Waals surface area contributed by atoms with Crippen LogP contribution in [-0.2, 0) is 6.42 Å². The normalized spacial score (nSPS) is 22.9. The van der Waals surface area contributed by atoms with Crippen molar-refractivity contribution < 1.29 is 4.42 Å². The molecule has 0 bridgehead atoms. The Morgan fingerprint density at radius 3 is 2.56 bits per heavy atom. The molecule has 0 spiro atoms. The fraction of sp³-hybridized carbons (Fsp3) is 0.231. The maximum absolute atomic E-state index is 6.76. The molecule has 57 heavy (non-hydrogen) atoms. The van der Waals surface area contributed by atoms with Crippen molar-refractivity contribution in [1.29, 1.82) is 0 Å². The van der Waals surface area contributed by atoms with E-state index in [1.807, 2.05) is 0 Å². The van der Waals surface area contributed by atoms with Crippen LogP contribution in [0.5, 0.6) is 0 Å². The standard InChI is InChI=1S/C52H46N4O/c1-33-22-24-36(25-23-33)50-53-51(39-17-10-16-37(30-39)34-12-4-2-5-13-34)55-52(54-50)44-19-11-21-47-49(44)43-29-27-40(32-48(43)57-47)56-45-20-9-8-18-41(45)42-28-26-38(31-46(42)56)35-14-6-3-7-15-35/h2,4,6,8,10-12,14-19,21-22,24-29,31-33,37,51H,3,5,7,9,13,20,23,30H2,1H3,(H,53,54,55). The van der Waals surface area contributed by atoms with Gasteiger partial charge in [0.15, 0.2) is 5.84 Å². The number of fused-ring (bicyclic) bond motifs is 6. The van der Waals surface area contributed by atoms with Crippen molar-refractivity contribution in [1.82, 2.24) is 9.88 Å². The van der Waals surface area contributed by atoms with Crippen LogP contribution in [0, 0.1) is 11.8 Å². The topological polar surface area (TPSA) is 54.8 Å². The van der Waals surface area contributed by atoms with E-state index in [1.54, 1.807) is 0 Å². The monoisotopic (exact) mass is 742 g/mol. The molecule has 0 saturated heterocycles. The molecule has 5 nitrogen and oxygen atoms in total. The highest BCUT2D eigenvalue weighted by atomic mass is 16.3. The molecular weight excluding hydrogens is 697 g/mol. The van der Waals surface area contributed by atoms with Gasteiger partial charge in [-0.15, -0.1) is 0 Å². The van der Waals surface area contributed by atoms with Gasteiger partial charge < -0.3 is 14.3 Å². The average molecular weight is 743 g/mol. The minimum Gasteiger partial charge on any atom is -0.456 e. The van der Waals surface area contributed by atoms with Crippen LogP contribution in [0.4, 0.5) is 0 Å². The van der Waals surface area contributed by atoms with Crippen LogP contribution in [0.3, 0.4) is 0 Å². The van der Waals surface area contributed by atoms with Crippen molar-refractivity contribution >= 4 is 56.2 Å². The van der Waals surface area contributed by atoms with Gasteiger partial charge in [0.25, 0.3) is 0 Å². The molecule has 0 amide bonds. The number of allylic oxidation sites excluding steroid dienone is 14. The van der Waals surface area contributed by atoms with Crippen LogP contribution in [0.1, 0.15) is 74.3 Å². The molecule has 3 heterocycles. The van der Waals surface area contributed by atoms with Crippen molar-refractivity contribution in [2.45, 2.75) is 64.5 Å². The summed E-state index contributed by atoms with van der Waals surface area (Å²) in [6.07, 6.45) is 40.1. The van der Waals surface area contributed by atoms with E-state index in [4.69, 9.17) is 14.4 Å². The summed E-state index contributed by atoms with van der Waals surface area (Å²) < 4.78 is 9.24. The minimum atomic E-state index is -0.222. The number of hydrogen-bond donors (Lipinski definition) is 1. The lowest BCUT2D eigenvalue weighted by Crippen LogP contribution is -2.41. The lowest BCUT2D eigenvalue weighted by molar-refractivity contribution is 0.613. The van der Waals surface area contributed by atoms with Gasteiger partial charge in [-0.1, -0.05) is 122 Å². The number of aromatic nitrogens is 1. The Labute approximate surface area is 334 Å². The fourth-order valence-corrected chi connectivity index (χ4v) is 9.56. The predicted molar refractivity (Wildman–Crippen MR) is 238 cm³/mol. The summed E-state index contributed by atoms with van der Waals surface area (Å²) in [6, 6.07) is 20.1. The Hall–Kier alpha value is -6.20. The van der Waals surface area contributed by atoms with Gasteiger partial charge in [-0.05, 0) is 98.3 Å². The van der Waals surface area contributed by atoms with E-state index in [9.17, 15) is 0 Å². The molecule has 1 aliphatic heterocycles. The Balaban J connectivity index is 1.01. The molecule has 3 atom stereocenters. The zero-order valence-electron chi connectivity index (χ0n) is 32.4. The summed E-state index contributed by atoms with van der Waals surface area (Å²) in [4.78, 5) is 10.6. The van der Waals surface area contributed by atoms with Crippen LogP contribution >= 0.6 is 0 Å². The number of rotatable bonds is 6. The number of nitrogens with zero attached hydrogens (tertiary/aromatic N) is 3. The molecule has 6 aliphatic rings. The van der Waals surface area contributed by atoms with Crippen molar-refractivity contribution in [2.75, 3.05) is 0 Å². The number of hydrogen-bond acceptors (Lipinski definition) is 4. The summed E-state index contributed by atoms with van der Waals surface area (Å²) in [5.41, 5.74) is 14.2. The van der Waals surface area contributed by atoms with Crippen LogP contribution in [0.15, 0.2) is 165 Å². The third kappa shape index (κ3) is 6.08. The summed E-state index contributed by atoms with van der Waals surface area (Å²) in [6.45, 7) is 2.25. The van der Waals surface area contributed by atoms with Gasteiger partial charge in [0.05, 0.1) is 5.52 Å². The summed E-state index contributed by atoms with van der Waals surface area (Å²) in [5, 5.41) is 7.27. The third-order valence-corrected chi connectivity index (χ3v) is 12.6. The van der Waals surface area contributed by atoms with Gasteiger partial charge in [0, 0.05) is 56.2 Å². The van der Waals surface area contributed by atoms with Crippen LogP contribution in [-0.4, -0.2) is 22.4 Å². The molecule has 3 unspecified atom stereocenters. The zero-order chi connectivity index (χ0) is 37.9. The smallest absolute Gasteiger partial charge is 0.159 e. The van der Waals surface area contributed by atoms with Crippen LogP contribution in [0.2, 0.25) is 0 Å². The van der Waals surface area contributed by atoms with Crippen molar-refractivity contribution in [3.05, 3.63) is 173 Å². The molecular formula is C52H46N4O. The minimum absolute atomic E-state index is 0.222. The lowest BCUT2D eigenvalue weighted by Gasteiger charge is -2.30. The molecule has 3 aromatic carbocycles. The molecule has 0 fully saturated rings. The quantitative estimate of drug-likeness (QED) is 0.188. The number of benzene rings is 3. The fourth-order valence-electron chi connectivity index (χ4n) is 9.56. The summed E-state index contributed by atoms with van der Waals surface area (Å²) >= 11 is 0. The highest BCUT2D eigenvalue weighted by Gasteiger charge is 2.29. The number of aliphatic imine (C=N–C) groups is 2. The van der Waals surface area contributed by atoms with Crippen molar-refractivity contribution in [2.24, 2.45) is 21.8 Å². The van der Waals surface area contributed by atoms with Crippen molar-refractivity contribution in [3.63, 3.8) is 0 Å². The molecule has 1 N–H and O–H groups in total. The molecule has 5 aromatic rings. The lowest BCUT2D eigenvalue weighted by atomic mass is 9.83. The number of nitrogens with one attached hydrogen (secondary N) is 1. The molecule has 5 heteroatoms. The van der Waals surface area contributed by atoms with Gasteiger partial charge in [-0.2, -0.15) is 0 Å². The molecule has 2 aromatic heterocycles. The Bertz CT molecular complexity index is 2850. The Morgan fingerprint density at radius 1 is 0.772 bits per heavy atom. The van der Waals surface area contributed by atoms with Crippen LogP contribution in [0.25, 0.3) is 50.2 Å². The molecule has 5 aliphatic carbocycles. The van der Waals surface area contributed by atoms with E-state index in [2.05, 4.69) is 156 Å². The first-order valence-electron chi connectivity index (χ1n) is 20.9. The zero-order valence-corrected chi connectivity index (χ0v) is 32.4. The Morgan fingerprint density at radius 2 is 1.68 bits per heavy atom. The second-order valence-corrected chi connectivity index (χ2v) is 16.3. The Kier molecular flexibility index (Phi) is 8.41. The maximum atomic E-state index is 6.76. The van der Waals surface area contributed by atoms with E-state index in [1.165, 1.54) is 44.4 Å². The second-order valence-electron chi connectivity index (χ2n) is 16.3. The van der Waals surface area contributed by atoms with E-state index >= 15 is 0 Å². The molecule has 0 radical (unpaired) electrons. The summed E-state index contributed by atoms with van der Waals surface area (Å²) in [5.74, 6) is 2.51. The van der Waals surface area contributed by atoms with Gasteiger partial charge >= 0.3 is 0 Å². The van der Waals surface area contributed by atoms with Gasteiger partial charge in [0.1, 0.15) is 23.2 Å². The van der Waals surface area contributed by atoms with Gasteiger partial charge in [-0.25, -0.2) is 9.98 Å². The average Bonchev–Trinajstić information content (AvgIpc) is 3.82. The highest BCUT2D eigenvalue weighted by Crippen LogP contribution is 2.39. The highest BCUT2D eigenvalue weighted by molar-refractivity contribution is 6.22. The molecule has 280 valence electrons. The van der Waals surface area contributed by atoms with E-state index in [-0.39, 0.29) is 6.17 Å². The van der Waals surface area contributed by atoms with E-state index < -0.39 is 0 Å². The number of furan rings is 1. The van der Waals surface area contributed by atoms with Crippen molar-refractivity contribution in [3.8, 4) is 5.69 Å².